The molecule has 0 aliphatic rings. The predicted octanol–water partition coefficient (Wildman–Crippen LogP) is 22.5. The van der Waals surface area contributed by atoms with Crippen LogP contribution in [-0.4, -0.2) is 114 Å². The number of hydrogen-bond donors (Lipinski definition) is 0. The normalized spacial score (nSPS) is 11.8. The number of esters is 4. The molecule has 2 aromatic rings. The summed E-state index contributed by atoms with van der Waals surface area (Å²) in [5.74, 6) is -3.11. The summed E-state index contributed by atoms with van der Waals surface area (Å²) in [5, 5.41) is 0. The van der Waals surface area contributed by atoms with Crippen LogP contribution in [0.25, 0.3) is 0 Å². The van der Waals surface area contributed by atoms with Crippen molar-refractivity contribution >= 4 is 81.9 Å². The van der Waals surface area contributed by atoms with Crippen molar-refractivity contribution in [3.8, 4) is 0 Å². The number of ether oxygens (including phenoxy) is 4. The molecule has 0 aromatic heterocycles. The van der Waals surface area contributed by atoms with Crippen LogP contribution < -0.4 is 0 Å². The van der Waals surface area contributed by atoms with E-state index >= 15 is 0 Å². The molecule has 0 aliphatic heterocycles. The number of rotatable bonds is 62. The van der Waals surface area contributed by atoms with Crippen LogP contribution in [0.1, 0.15) is 377 Å². The number of hydrogen-bond acceptors (Lipinski definition) is 14. The minimum atomic E-state index is -4.81. The number of carbonyl (C=O) groups excluding carboxylic acids is 4. The van der Waals surface area contributed by atoms with Crippen LogP contribution in [0.5, 0.6) is 0 Å². The molecule has 0 aliphatic carbocycles. The fourth-order valence-electron chi connectivity index (χ4n) is 11.5. The van der Waals surface area contributed by atoms with E-state index in [2.05, 4.69) is 76.3 Å². The topological polar surface area (TPSA) is 220 Å². The molecule has 548 valence electrons. The average Bonchev–Trinajstić information content (AvgIpc) is 0.828. The van der Waals surface area contributed by atoms with E-state index in [0.29, 0.717) is 25.7 Å². The molecule has 0 radical (unpaired) electrons. The van der Waals surface area contributed by atoms with Crippen LogP contribution >= 0.6 is 0 Å². The van der Waals surface area contributed by atoms with Crippen LogP contribution in [0, 0.1) is 0 Å². The maximum absolute atomic E-state index is 12.9. The fourth-order valence-corrected chi connectivity index (χ4v) is 12.5. The molecule has 0 heterocycles. The summed E-state index contributed by atoms with van der Waals surface area (Å²) in [6.45, 7) is 9.00. The molecule has 0 saturated carbocycles. The minimum Gasteiger partial charge on any atom is -0.744 e. The van der Waals surface area contributed by atoms with Crippen LogP contribution in [0.15, 0.2) is 94.8 Å². The number of benzene rings is 2. The van der Waals surface area contributed by atoms with Crippen molar-refractivity contribution in [3.63, 3.8) is 0 Å². The van der Waals surface area contributed by atoms with Crippen LogP contribution in [-0.2, 0) is 39.2 Å². The van der Waals surface area contributed by atoms with Gasteiger partial charge in [-0.2, -0.15) is 0 Å². The predicted molar refractivity (Wildman–Crippen MR) is 397 cm³/mol. The molecule has 0 N–H and O–H groups in total. The zero-order valence-corrected chi connectivity index (χ0v) is 64.9. The molecule has 0 saturated heterocycles. The zero-order valence-electron chi connectivity index (χ0n) is 61.1. The van der Waals surface area contributed by atoms with E-state index in [4.69, 9.17) is 18.9 Å². The molecule has 0 amide bonds. The van der Waals surface area contributed by atoms with Crippen molar-refractivity contribution in [1.29, 1.82) is 0 Å². The van der Waals surface area contributed by atoms with Crippen LogP contribution in [0.2, 0.25) is 0 Å². The average molecular weight is 1420 g/mol. The molecule has 97 heavy (non-hydrogen) atoms. The molecule has 17 heteroatoms. The smallest absolute Gasteiger partial charge is 0.744 e. The first-order chi connectivity index (χ1) is 46.6. The Balaban J connectivity index is 0.00000188. The van der Waals surface area contributed by atoms with Gasteiger partial charge in [0.25, 0.3) is 0 Å². The largest absolute Gasteiger partial charge is 2.00 e. The Hall–Kier alpha value is -3.64. The van der Waals surface area contributed by atoms with Gasteiger partial charge in [-0.05, 0) is 141 Å². The second-order valence-electron chi connectivity index (χ2n) is 25.9. The third-order valence-electron chi connectivity index (χ3n) is 17.4. The zero-order chi connectivity index (χ0) is 70.3. The van der Waals surface area contributed by atoms with Gasteiger partial charge in [0.2, 0.25) is 0 Å². The van der Waals surface area contributed by atoms with E-state index in [9.17, 15) is 45.1 Å². The Bertz CT molecular complexity index is 2470. The monoisotopic (exact) mass is 1420 g/mol. The summed E-state index contributed by atoms with van der Waals surface area (Å²) < 4.78 is 91.1. The van der Waals surface area contributed by atoms with E-state index in [1.165, 1.54) is 205 Å². The molecular weight excluding hydrogens is 1290 g/mol. The molecule has 0 atom stereocenters. The second kappa shape index (κ2) is 65.7. The van der Waals surface area contributed by atoms with Crippen molar-refractivity contribution < 1.29 is 64.1 Å². The van der Waals surface area contributed by atoms with Crippen molar-refractivity contribution in [2.45, 2.75) is 346 Å². The first kappa shape index (κ1) is 93.4. The van der Waals surface area contributed by atoms with Gasteiger partial charge >= 0.3 is 61.6 Å². The minimum absolute atomic E-state index is 0. The van der Waals surface area contributed by atoms with Gasteiger partial charge < -0.3 is 28.1 Å². The van der Waals surface area contributed by atoms with E-state index in [1.807, 2.05) is 0 Å². The Morgan fingerprint density at radius 2 is 0.443 bits per heavy atom. The van der Waals surface area contributed by atoms with E-state index in [1.54, 1.807) is 0 Å². The summed E-state index contributed by atoms with van der Waals surface area (Å²) in [6.07, 6.45) is 73.3. The SMILES string of the molecule is C/C=C/CCCCCCCCCCCCCOC(=O)c1ccc(S(=O)(=O)[O-])cc1C(=O)OCCCCCCCCCCCCC/C=C/C.C/C=C/CCCCCCCCCCCCCOC(=O)c1ccc(S(=O)(=O)[O-])cc1C(=O)OCCCCCCCCCCCCC/C=C/C.[Ca+2]. The Labute approximate surface area is 620 Å². The molecule has 0 bridgehead atoms. The molecule has 0 spiro atoms. The molecule has 2 aromatic carbocycles. The third-order valence-corrected chi connectivity index (χ3v) is 19.0. The Morgan fingerprint density at radius 3 is 0.619 bits per heavy atom. The van der Waals surface area contributed by atoms with Crippen molar-refractivity contribution in [3.05, 3.63) is 107 Å². The maximum Gasteiger partial charge on any atom is 2.00 e. The Kier molecular flexibility index (Phi) is 63.2. The summed E-state index contributed by atoms with van der Waals surface area (Å²) in [5.41, 5.74) is -0.688. The standard InChI is InChI=1S/2C40H66O7S.Ca/c2*1-3-5-7-9-11-13-15-17-19-21-23-25-27-29-33-46-39(41)37-32-31-36(48(43,44)45)35-38(37)40(42)47-34-30-28-26-24-22-20-18-16-14-12-10-8-6-4-2;/h2*3-6,31-32,35H,7-30,33-34H2,1-2H3,(H,43,44,45);/q;;+2/p-2/b2*5-3+,6-4+;. The molecule has 0 unspecified atom stereocenters. The van der Waals surface area contributed by atoms with Gasteiger partial charge in [0, 0.05) is 0 Å². The second-order valence-corrected chi connectivity index (χ2v) is 28.6. The van der Waals surface area contributed by atoms with Gasteiger partial charge in [0.05, 0.1) is 58.5 Å². The molecule has 2 rings (SSSR count). The van der Waals surface area contributed by atoms with Gasteiger partial charge in [-0.15, -0.1) is 0 Å². The van der Waals surface area contributed by atoms with Gasteiger partial charge in [0.15, 0.2) is 0 Å². The summed E-state index contributed by atoms with van der Waals surface area (Å²) in [7, 11) is -9.62. The fraction of sp³-hybridized carbons (Fsp3) is 0.700. The van der Waals surface area contributed by atoms with Crippen molar-refractivity contribution in [2.24, 2.45) is 0 Å². The quantitative estimate of drug-likeness (QED) is 0.0150. The van der Waals surface area contributed by atoms with E-state index in [0.717, 1.165) is 113 Å². The summed E-state index contributed by atoms with van der Waals surface area (Å²) in [6, 6.07) is 6.24. The van der Waals surface area contributed by atoms with Gasteiger partial charge in [-0.25, -0.2) is 36.0 Å². The van der Waals surface area contributed by atoms with Gasteiger partial charge in [-0.1, -0.05) is 280 Å². The number of allylic oxidation sites excluding steroid dienone is 8. The number of carbonyl (C=O) groups is 4. The molecular formula is C80H130CaO14S2. The van der Waals surface area contributed by atoms with Crippen molar-refractivity contribution in [1.82, 2.24) is 0 Å². The van der Waals surface area contributed by atoms with E-state index < -0.39 is 53.9 Å². The van der Waals surface area contributed by atoms with Crippen LogP contribution in [0.3, 0.4) is 0 Å². The van der Waals surface area contributed by atoms with Crippen LogP contribution in [0.4, 0.5) is 0 Å². The van der Waals surface area contributed by atoms with Gasteiger partial charge in [0.1, 0.15) is 20.2 Å². The third kappa shape index (κ3) is 53.8. The number of unbranched alkanes of at least 4 members (excludes halogenated alkanes) is 44. The first-order valence-corrected chi connectivity index (χ1v) is 40.8. The summed E-state index contributed by atoms with van der Waals surface area (Å²) >= 11 is 0. The molecule has 14 nitrogen and oxygen atoms in total. The van der Waals surface area contributed by atoms with E-state index in [-0.39, 0.29) is 86.4 Å². The Morgan fingerprint density at radius 1 is 0.278 bits per heavy atom. The maximum atomic E-state index is 12.9. The van der Waals surface area contributed by atoms with Crippen molar-refractivity contribution in [2.75, 3.05) is 26.4 Å². The summed E-state index contributed by atoms with van der Waals surface area (Å²) in [4.78, 5) is 50.2. The van der Waals surface area contributed by atoms with Gasteiger partial charge in [-0.3, -0.25) is 0 Å². The molecule has 0 fully saturated rings. The first-order valence-electron chi connectivity index (χ1n) is 37.9.